The highest BCUT2D eigenvalue weighted by Crippen LogP contribution is 2.26. The highest BCUT2D eigenvalue weighted by molar-refractivity contribution is 5.96. The number of hydrogen-bond acceptors (Lipinski definition) is 4. The molecule has 0 unspecified atom stereocenters. The first kappa shape index (κ1) is 18.5. The maximum Gasteiger partial charge on any atom is 0.407 e. The molecule has 28 heavy (non-hydrogen) atoms. The number of fused-ring (bicyclic) bond motifs is 1. The Morgan fingerprint density at radius 2 is 1.89 bits per heavy atom. The lowest BCUT2D eigenvalue weighted by Crippen LogP contribution is -2.37. The second-order valence-electron chi connectivity index (χ2n) is 7.31. The van der Waals surface area contributed by atoms with Crippen molar-refractivity contribution in [1.29, 1.82) is 0 Å². The summed E-state index contributed by atoms with van der Waals surface area (Å²) < 4.78 is 5.27. The minimum Gasteiger partial charge on any atom is -0.445 e. The third-order valence-corrected chi connectivity index (χ3v) is 5.30. The summed E-state index contributed by atoms with van der Waals surface area (Å²) in [6.45, 7) is 2.64. The Morgan fingerprint density at radius 1 is 1.11 bits per heavy atom. The average Bonchev–Trinajstić information content (AvgIpc) is 2.92. The molecule has 0 bridgehead atoms. The van der Waals surface area contributed by atoms with Gasteiger partial charge in [0.05, 0.1) is 6.04 Å². The summed E-state index contributed by atoms with van der Waals surface area (Å²) in [6, 6.07) is 15.6. The van der Waals surface area contributed by atoms with E-state index in [9.17, 15) is 9.59 Å². The van der Waals surface area contributed by atoms with Crippen LogP contribution >= 0.6 is 0 Å². The standard InChI is InChI=1S/C22H25N3O3/c26-21-13-19(24-22(27)28-15-16-4-2-1-3-5-16)14-25(21)20-7-6-17-8-10-23-11-9-18(17)12-20/h1-7,12,19,23H,8-11,13-15H2,(H,24,27)/t19-/m1/s1. The van der Waals surface area contributed by atoms with Crippen LogP contribution in [-0.4, -0.2) is 37.7 Å². The number of benzene rings is 2. The number of ether oxygens (including phenoxy) is 1. The monoisotopic (exact) mass is 379 g/mol. The molecule has 2 aliphatic rings. The fourth-order valence-corrected chi connectivity index (χ4v) is 3.81. The Kier molecular flexibility index (Phi) is 5.58. The van der Waals surface area contributed by atoms with Crippen LogP contribution in [0.25, 0.3) is 0 Å². The van der Waals surface area contributed by atoms with Gasteiger partial charge in [0.25, 0.3) is 0 Å². The van der Waals surface area contributed by atoms with Crippen LogP contribution in [-0.2, 0) is 29.0 Å². The third-order valence-electron chi connectivity index (χ3n) is 5.30. The van der Waals surface area contributed by atoms with Crippen LogP contribution in [0.2, 0.25) is 0 Å². The van der Waals surface area contributed by atoms with Crippen molar-refractivity contribution >= 4 is 17.7 Å². The lowest BCUT2D eigenvalue weighted by Gasteiger charge is -2.19. The van der Waals surface area contributed by atoms with Crippen molar-refractivity contribution in [3.63, 3.8) is 0 Å². The van der Waals surface area contributed by atoms with Gasteiger partial charge in [-0.1, -0.05) is 36.4 Å². The molecule has 0 saturated carbocycles. The molecule has 0 radical (unpaired) electrons. The number of rotatable bonds is 4. The summed E-state index contributed by atoms with van der Waals surface area (Å²) >= 11 is 0. The van der Waals surface area contributed by atoms with Gasteiger partial charge in [0.2, 0.25) is 5.91 Å². The Labute approximate surface area is 164 Å². The number of nitrogens with zero attached hydrogens (tertiary/aromatic N) is 1. The molecule has 2 aliphatic heterocycles. The molecule has 1 saturated heterocycles. The van der Waals surface area contributed by atoms with Crippen LogP contribution in [0.5, 0.6) is 0 Å². The number of carbonyl (C=O) groups excluding carboxylic acids is 2. The molecular weight excluding hydrogens is 354 g/mol. The first-order valence-corrected chi connectivity index (χ1v) is 9.79. The highest BCUT2D eigenvalue weighted by Gasteiger charge is 2.32. The van der Waals surface area contributed by atoms with Crippen LogP contribution in [0, 0.1) is 0 Å². The lowest BCUT2D eigenvalue weighted by molar-refractivity contribution is -0.117. The first-order chi connectivity index (χ1) is 13.7. The summed E-state index contributed by atoms with van der Waals surface area (Å²) in [5.41, 5.74) is 4.49. The van der Waals surface area contributed by atoms with E-state index in [-0.39, 0.29) is 18.6 Å². The summed E-state index contributed by atoms with van der Waals surface area (Å²) in [5.74, 6) is 0.0278. The van der Waals surface area contributed by atoms with Crippen molar-refractivity contribution < 1.29 is 14.3 Å². The number of hydrogen-bond donors (Lipinski definition) is 2. The molecule has 1 fully saturated rings. The second-order valence-corrected chi connectivity index (χ2v) is 7.31. The van der Waals surface area contributed by atoms with E-state index in [1.165, 1.54) is 11.1 Å². The van der Waals surface area contributed by atoms with Crippen LogP contribution in [0.4, 0.5) is 10.5 Å². The van der Waals surface area contributed by atoms with E-state index in [1.807, 2.05) is 36.4 Å². The van der Waals surface area contributed by atoms with Crippen LogP contribution < -0.4 is 15.5 Å². The summed E-state index contributed by atoms with van der Waals surface area (Å²) in [6.07, 6.45) is 1.79. The van der Waals surface area contributed by atoms with E-state index in [2.05, 4.69) is 22.8 Å². The maximum atomic E-state index is 12.5. The van der Waals surface area contributed by atoms with Crippen molar-refractivity contribution in [2.24, 2.45) is 0 Å². The number of carbonyl (C=O) groups is 2. The van der Waals surface area contributed by atoms with Crippen molar-refractivity contribution in [3.8, 4) is 0 Å². The van der Waals surface area contributed by atoms with Gasteiger partial charge in [0.1, 0.15) is 6.61 Å². The summed E-state index contributed by atoms with van der Waals surface area (Å²) in [4.78, 5) is 26.3. The zero-order valence-corrected chi connectivity index (χ0v) is 15.8. The lowest BCUT2D eigenvalue weighted by atomic mass is 10.0. The number of amides is 2. The van der Waals surface area contributed by atoms with E-state index in [4.69, 9.17) is 4.74 Å². The van der Waals surface area contributed by atoms with Gasteiger partial charge < -0.3 is 20.3 Å². The van der Waals surface area contributed by atoms with E-state index in [1.54, 1.807) is 4.90 Å². The molecule has 2 heterocycles. The van der Waals surface area contributed by atoms with Gasteiger partial charge in [-0.05, 0) is 54.8 Å². The van der Waals surface area contributed by atoms with E-state index in [0.717, 1.165) is 37.2 Å². The van der Waals surface area contributed by atoms with Crippen LogP contribution in [0.15, 0.2) is 48.5 Å². The maximum absolute atomic E-state index is 12.5. The molecule has 6 heteroatoms. The number of anilines is 1. The van der Waals surface area contributed by atoms with Gasteiger partial charge in [-0.15, -0.1) is 0 Å². The fourth-order valence-electron chi connectivity index (χ4n) is 3.81. The van der Waals surface area contributed by atoms with Crippen molar-refractivity contribution in [2.45, 2.75) is 31.9 Å². The zero-order valence-electron chi connectivity index (χ0n) is 15.8. The third kappa shape index (κ3) is 4.34. The van der Waals surface area contributed by atoms with Crippen LogP contribution in [0.3, 0.4) is 0 Å². The molecule has 4 rings (SSSR count). The second kappa shape index (κ2) is 8.44. The fraction of sp³-hybridized carbons (Fsp3) is 0.364. The molecule has 2 aromatic rings. The highest BCUT2D eigenvalue weighted by atomic mass is 16.5. The number of nitrogens with one attached hydrogen (secondary N) is 2. The minimum atomic E-state index is -0.489. The van der Waals surface area contributed by atoms with Crippen molar-refractivity contribution in [1.82, 2.24) is 10.6 Å². The first-order valence-electron chi connectivity index (χ1n) is 9.79. The van der Waals surface area contributed by atoms with Gasteiger partial charge in [-0.3, -0.25) is 4.79 Å². The van der Waals surface area contributed by atoms with Gasteiger partial charge >= 0.3 is 6.09 Å². The molecule has 6 nitrogen and oxygen atoms in total. The van der Waals surface area contributed by atoms with Crippen molar-refractivity contribution in [2.75, 3.05) is 24.5 Å². The molecule has 0 spiro atoms. The predicted octanol–water partition coefficient (Wildman–Crippen LogP) is 2.41. The predicted molar refractivity (Wildman–Crippen MR) is 107 cm³/mol. The SMILES string of the molecule is O=C(N[C@@H]1CC(=O)N(c2ccc3c(c2)CCNCC3)C1)OCc1ccccc1. The topological polar surface area (TPSA) is 70.7 Å². The molecule has 2 N–H and O–H groups in total. The van der Waals surface area contributed by atoms with E-state index < -0.39 is 6.09 Å². The summed E-state index contributed by atoms with van der Waals surface area (Å²) in [7, 11) is 0. The molecule has 2 aromatic carbocycles. The zero-order chi connectivity index (χ0) is 19.3. The molecule has 1 atom stereocenters. The average molecular weight is 379 g/mol. The molecular formula is C22H25N3O3. The van der Waals surface area contributed by atoms with Gasteiger partial charge in [-0.25, -0.2) is 4.79 Å². The molecule has 0 aromatic heterocycles. The Bertz CT molecular complexity index is 853. The molecule has 0 aliphatic carbocycles. The van der Waals surface area contributed by atoms with Crippen LogP contribution in [0.1, 0.15) is 23.1 Å². The smallest absolute Gasteiger partial charge is 0.407 e. The van der Waals surface area contributed by atoms with E-state index in [0.29, 0.717) is 13.0 Å². The normalized spacial score (nSPS) is 19.1. The Balaban J connectivity index is 1.35. The Hall–Kier alpha value is -2.86. The summed E-state index contributed by atoms with van der Waals surface area (Å²) in [5, 5.41) is 6.22. The van der Waals surface area contributed by atoms with E-state index >= 15 is 0 Å². The minimum absolute atomic E-state index is 0.0278. The number of alkyl carbamates (subject to hydrolysis) is 1. The molecule has 146 valence electrons. The largest absolute Gasteiger partial charge is 0.445 e. The molecule has 2 amide bonds. The quantitative estimate of drug-likeness (QED) is 0.856. The van der Waals surface area contributed by atoms with Crippen molar-refractivity contribution in [3.05, 3.63) is 65.2 Å². The van der Waals surface area contributed by atoms with Gasteiger partial charge in [0, 0.05) is 18.7 Å². The Morgan fingerprint density at radius 3 is 2.71 bits per heavy atom. The van der Waals surface area contributed by atoms with Gasteiger partial charge in [-0.2, -0.15) is 0 Å². The van der Waals surface area contributed by atoms with Gasteiger partial charge in [0.15, 0.2) is 0 Å².